The molecule has 0 atom stereocenters. The van der Waals surface area contributed by atoms with Crippen LogP contribution in [0.1, 0.15) is 39.5 Å². The number of carbonyl (C=O) groups is 1. The Balaban J connectivity index is 0.00000324. The summed E-state index contributed by atoms with van der Waals surface area (Å²) in [4.78, 5) is 15.9. The van der Waals surface area contributed by atoms with Crippen LogP contribution in [0.2, 0.25) is 0 Å². The maximum absolute atomic E-state index is 11.4. The fraction of sp³-hybridized carbons (Fsp3) is 0.846. The van der Waals surface area contributed by atoms with Crippen LogP contribution in [0.25, 0.3) is 0 Å². The van der Waals surface area contributed by atoms with Crippen LogP contribution >= 0.6 is 24.0 Å². The van der Waals surface area contributed by atoms with Gasteiger partial charge in [0, 0.05) is 32.6 Å². The van der Waals surface area contributed by atoms with E-state index in [2.05, 4.69) is 20.9 Å². The first-order chi connectivity index (χ1) is 8.76. The van der Waals surface area contributed by atoms with E-state index in [9.17, 15) is 4.79 Å². The van der Waals surface area contributed by atoms with Crippen LogP contribution in [0.4, 0.5) is 0 Å². The van der Waals surface area contributed by atoms with Crippen molar-refractivity contribution in [2.75, 3.05) is 26.2 Å². The average Bonchev–Trinajstić information content (AvgIpc) is 3.17. The minimum atomic E-state index is 0. The number of rotatable bonds is 8. The second-order valence-electron chi connectivity index (χ2n) is 4.69. The van der Waals surface area contributed by atoms with Crippen molar-refractivity contribution >= 4 is 35.8 Å². The zero-order valence-corrected chi connectivity index (χ0v) is 14.3. The molecule has 1 amide bonds. The van der Waals surface area contributed by atoms with Gasteiger partial charge in [0.25, 0.3) is 0 Å². The smallest absolute Gasteiger partial charge is 0.221 e. The predicted octanol–water partition coefficient (Wildman–Crippen LogP) is 1.49. The molecular formula is C13H27IN4O. The van der Waals surface area contributed by atoms with Crippen LogP contribution in [0.15, 0.2) is 4.99 Å². The number of guanidine groups is 1. The summed E-state index contributed by atoms with van der Waals surface area (Å²) >= 11 is 0. The molecule has 0 aromatic heterocycles. The Kier molecular flexibility index (Phi) is 11.0. The first kappa shape index (κ1) is 18.5. The summed E-state index contributed by atoms with van der Waals surface area (Å²) in [7, 11) is 0. The number of amides is 1. The second-order valence-corrected chi connectivity index (χ2v) is 4.69. The standard InChI is InChI=1S/C13H26N4O.HI/c1-3-8-15-12(18)7-9-16-13(14-4-2)17-10-11-5-6-11;/h11H,3-10H2,1-2H3,(H,15,18)(H2,14,16,17);1H. The molecule has 19 heavy (non-hydrogen) atoms. The zero-order chi connectivity index (χ0) is 13.2. The minimum absolute atomic E-state index is 0. The van der Waals surface area contributed by atoms with Gasteiger partial charge in [-0.25, -0.2) is 0 Å². The third-order valence-corrected chi connectivity index (χ3v) is 2.77. The van der Waals surface area contributed by atoms with E-state index in [-0.39, 0.29) is 29.9 Å². The largest absolute Gasteiger partial charge is 0.357 e. The Hall–Kier alpha value is -0.530. The van der Waals surface area contributed by atoms with Gasteiger partial charge in [-0.1, -0.05) is 6.92 Å². The van der Waals surface area contributed by atoms with E-state index >= 15 is 0 Å². The van der Waals surface area contributed by atoms with Crippen molar-refractivity contribution in [1.29, 1.82) is 0 Å². The monoisotopic (exact) mass is 382 g/mol. The lowest BCUT2D eigenvalue weighted by atomic mass is 10.4. The van der Waals surface area contributed by atoms with Gasteiger partial charge in [0.05, 0.1) is 0 Å². The van der Waals surface area contributed by atoms with E-state index in [1.165, 1.54) is 12.8 Å². The molecule has 0 aliphatic heterocycles. The summed E-state index contributed by atoms with van der Waals surface area (Å²) < 4.78 is 0. The second kappa shape index (κ2) is 11.3. The maximum atomic E-state index is 11.4. The molecular weight excluding hydrogens is 355 g/mol. The zero-order valence-electron chi connectivity index (χ0n) is 12.0. The highest BCUT2D eigenvalue weighted by atomic mass is 127. The molecule has 1 rings (SSSR count). The molecule has 1 aliphatic rings. The van der Waals surface area contributed by atoms with Crippen LogP contribution < -0.4 is 16.0 Å². The van der Waals surface area contributed by atoms with Gasteiger partial charge in [-0.2, -0.15) is 0 Å². The fourth-order valence-corrected chi connectivity index (χ4v) is 1.51. The Morgan fingerprint density at radius 2 is 1.89 bits per heavy atom. The van der Waals surface area contributed by atoms with Crippen LogP contribution in [-0.2, 0) is 4.79 Å². The number of aliphatic imine (C=N–C) groups is 1. The van der Waals surface area contributed by atoms with Gasteiger partial charge in [-0.3, -0.25) is 9.79 Å². The van der Waals surface area contributed by atoms with E-state index in [1.807, 2.05) is 13.8 Å². The molecule has 0 bridgehead atoms. The van der Waals surface area contributed by atoms with Crippen molar-refractivity contribution in [2.45, 2.75) is 39.5 Å². The van der Waals surface area contributed by atoms with Gasteiger partial charge in [0.15, 0.2) is 5.96 Å². The quantitative estimate of drug-likeness (QED) is 0.339. The van der Waals surface area contributed by atoms with Gasteiger partial charge < -0.3 is 16.0 Å². The molecule has 1 saturated carbocycles. The lowest BCUT2D eigenvalue weighted by Crippen LogP contribution is -2.39. The third kappa shape index (κ3) is 9.98. The number of halogens is 1. The number of hydrogen-bond donors (Lipinski definition) is 3. The van der Waals surface area contributed by atoms with Gasteiger partial charge in [0.1, 0.15) is 0 Å². The first-order valence-electron chi connectivity index (χ1n) is 7.05. The fourth-order valence-electron chi connectivity index (χ4n) is 1.51. The van der Waals surface area contributed by atoms with E-state index in [0.29, 0.717) is 13.0 Å². The van der Waals surface area contributed by atoms with Gasteiger partial charge >= 0.3 is 0 Å². The molecule has 0 radical (unpaired) electrons. The van der Waals surface area contributed by atoms with E-state index in [1.54, 1.807) is 0 Å². The van der Waals surface area contributed by atoms with Crippen molar-refractivity contribution in [3.05, 3.63) is 0 Å². The summed E-state index contributed by atoms with van der Waals surface area (Å²) in [6.07, 6.45) is 4.09. The Labute approximate surface area is 133 Å². The molecule has 1 aliphatic carbocycles. The van der Waals surface area contributed by atoms with Crippen molar-refractivity contribution in [3.8, 4) is 0 Å². The van der Waals surface area contributed by atoms with Crippen molar-refractivity contribution in [3.63, 3.8) is 0 Å². The molecule has 0 aromatic rings. The summed E-state index contributed by atoms with van der Waals surface area (Å²) in [6.45, 7) is 7.23. The summed E-state index contributed by atoms with van der Waals surface area (Å²) in [5.74, 6) is 1.71. The van der Waals surface area contributed by atoms with Gasteiger partial charge in [0.2, 0.25) is 5.91 Å². The SMILES string of the molecule is CCCNC(=O)CCNC(=NCC1CC1)NCC.I. The van der Waals surface area contributed by atoms with Crippen LogP contribution in [-0.4, -0.2) is 38.0 Å². The summed E-state index contributed by atoms with van der Waals surface area (Å²) in [6, 6.07) is 0. The molecule has 0 heterocycles. The topological polar surface area (TPSA) is 65.5 Å². The van der Waals surface area contributed by atoms with Gasteiger partial charge in [-0.05, 0) is 32.1 Å². The van der Waals surface area contributed by atoms with E-state index in [4.69, 9.17) is 0 Å². The molecule has 0 spiro atoms. The van der Waals surface area contributed by atoms with Crippen LogP contribution in [0.5, 0.6) is 0 Å². The lowest BCUT2D eigenvalue weighted by Gasteiger charge is -2.11. The Bertz CT molecular complexity index is 280. The molecule has 0 aromatic carbocycles. The highest BCUT2D eigenvalue weighted by molar-refractivity contribution is 14.0. The van der Waals surface area contributed by atoms with Crippen LogP contribution in [0, 0.1) is 5.92 Å². The molecule has 112 valence electrons. The van der Waals surface area contributed by atoms with Crippen LogP contribution in [0.3, 0.4) is 0 Å². The molecule has 0 saturated heterocycles. The Morgan fingerprint density at radius 1 is 1.16 bits per heavy atom. The highest BCUT2D eigenvalue weighted by Gasteiger charge is 2.20. The van der Waals surface area contributed by atoms with E-state index < -0.39 is 0 Å². The van der Waals surface area contributed by atoms with Crippen molar-refractivity contribution in [2.24, 2.45) is 10.9 Å². The average molecular weight is 382 g/mol. The third-order valence-electron chi connectivity index (χ3n) is 2.77. The molecule has 3 N–H and O–H groups in total. The van der Waals surface area contributed by atoms with Crippen molar-refractivity contribution in [1.82, 2.24) is 16.0 Å². The minimum Gasteiger partial charge on any atom is -0.357 e. The maximum Gasteiger partial charge on any atom is 0.221 e. The van der Waals surface area contributed by atoms with Crippen molar-refractivity contribution < 1.29 is 4.79 Å². The highest BCUT2D eigenvalue weighted by Crippen LogP contribution is 2.28. The molecule has 0 unspecified atom stereocenters. The van der Waals surface area contributed by atoms with Gasteiger partial charge in [-0.15, -0.1) is 24.0 Å². The summed E-state index contributed by atoms with van der Waals surface area (Å²) in [5.41, 5.74) is 0. The summed E-state index contributed by atoms with van der Waals surface area (Å²) in [5, 5.41) is 9.24. The number of carbonyl (C=O) groups excluding carboxylic acids is 1. The number of hydrogen-bond acceptors (Lipinski definition) is 2. The number of nitrogens with one attached hydrogen (secondary N) is 3. The van der Waals surface area contributed by atoms with E-state index in [0.717, 1.165) is 37.9 Å². The molecule has 5 nitrogen and oxygen atoms in total. The molecule has 1 fully saturated rings. The predicted molar refractivity (Wildman–Crippen MR) is 90.0 cm³/mol. The number of nitrogens with zero attached hydrogens (tertiary/aromatic N) is 1. The molecule has 6 heteroatoms. The normalized spacial score (nSPS) is 14.5. The Morgan fingerprint density at radius 3 is 2.47 bits per heavy atom. The lowest BCUT2D eigenvalue weighted by molar-refractivity contribution is -0.120. The first-order valence-corrected chi connectivity index (χ1v) is 7.05.